The molecule has 9 nitrogen and oxygen atoms in total. The summed E-state index contributed by atoms with van der Waals surface area (Å²) in [5, 5.41) is 0.571. The molecule has 0 bridgehead atoms. The standard InChI is InChI=1S/C24H24N4O5S.ClH/c1-26(2)9-4-10-27(24-25-17-12-18-19(33-14-32-18)13-20(17)34-24)23(31)15-5-3-6-16(11-15)28-21(29)7-8-22(28)30;/h3,5-6,11-13H,4,7-10,14H2,1-2H3;1H/p-1. The predicted molar refractivity (Wildman–Crippen MR) is 129 cm³/mol. The molecule has 0 radical (unpaired) electrons. The van der Waals surface area contributed by atoms with E-state index in [1.165, 1.54) is 11.3 Å². The summed E-state index contributed by atoms with van der Waals surface area (Å²) >= 11 is 1.41. The molecule has 3 aromatic rings. The van der Waals surface area contributed by atoms with Gasteiger partial charge in [0, 0.05) is 37.1 Å². The number of nitrogens with zero attached hydrogens (tertiary/aromatic N) is 4. The molecule has 35 heavy (non-hydrogen) atoms. The van der Waals surface area contributed by atoms with Crippen LogP contribution >= 0.6 is 11.3 Å². The van der Waals surface area contributed by atoms with E-state index in [2.05, 4.69) is 4.90 Å². The normalized spacial score (nSPS) is 14.7. The lowest BCUT2D eigenvalue weighted by Gasteiger charge is -2.22. The fraction of sp³-hybridized carbons (Fsp3) is 0.333. The van der Waals surface area contributed by atoms with Crippen molar-refractivity contribution in [3.63, 3.8) is 0 Å². The number of imide groups is 1. The van der Waals surface area contributed by atoms with Crippen LogP contribution in [0.1, 0.15) is 29.6 Å². The van der Waals surface area contributed by atoms with Gasteiger partial charge in [-0.25, -0.2) is 4.98 Å². The molecule has 0 N–H and O–H groups in total. The third-order valence-corrected chi connectivity index (χ3v) is 6.78. The first-order valence-electron chi connectivity index (χ1n) is 11.0. The summed E-state index contributed by atoms with van der Waals surface area (Å²) in [4.78, 5) is 47.6. The molecule has 184 valence electrons. The zero-order valence-corrected chi connectivity index (χ0v) is 20.9. The first kappa shape index (κ1) is 24.9. The molecule has 0 saturated carbocycles. The number of anilines is 2. The van der Waals surface area contributed by atoms with Gasteiger partial charge in [-0.15, -0.1) is 0 Å². The lowest BCUT2D eigenvalue weighted by Crippen LogP contribution is -3.00. The summed E-state index contributed by atoms with van der Waals surface area (Å²) in [5.41, 5.74) is 1.54. The minimum Gasteiger partial charge on any atom is -1.00 e. The Hall–Kier alpha value is -3.21. The fourth-order valence-corrected chi connectivity index (χ4v) is 5.05. The molecule has 0 unspecified atom stereocenters. The van der Waals surface area contributed by atoms with E-state index in [0.29, 0.717) is 34.4 Å². The van der Waals surface area contributed by atoms with Crippen molar-refractivity contribution in [2.45, 2.75) is 19.3 Å². The highest BCUT2D eigenvalue weighted by atomic mass is 35.5. The number of carbonyl (C=O) groups is 3. The highest BCUT2D eigenvalue weighted by Crippen LogP contribution is 2.40. The van der Waals surface area contributed by atoms with Gasteiger partial charge in [-0.1, -0.05) is 17.4 Å². The molecule has 3 amide bonds. The number of benzene rings is 2. The van der Waals surface area contributed by atoms with Crippen molar-refractivity contribution in [1.29, 1.82) is 0 Å². The number of amides is 3. The lowest BCUT2D eigenvalue weighted by molar-refractivity contribution is -0.121. The third kappa shape index (κ3) is 4.95. The van der Waals surface area contributed by atoms with Gasteiger partial charge < -0.3 is 26.8 Å². The summed E-state index contributed by atoms with van der Waals surface area (Å²) in [6.45, 7) is 1.46. The van der Waals surface area contributed by atoms with E-state index in [-0.39, 0.29) is 49.8 Å². The molecule has 3 heterocycles. The van der Waals surface area contributed by atoms with Gasteiger partial charge in [0.25, 0.3) is 5.91 Å². The van der Waals surface area contributed by atoms with Gasteiger partial charge in [0.05, 0.1) is 15.9 Å². The Morgan fingerprint density at radius 2 is 1.77 bits per heavy atom. The zero-order chi connectivity index (χ0) is 23.8. The van der Waals surface area contributed by atoms with Crippen molar-refractivity contribution in [2.24, 2.45) is 0 Å². The van der Waals surface area contributed by atoms with Crippen molar-refractivity contribution < 1.29 is 36.3 Å². The number of thiazole rings is 1. The van der Waals surface area contributed by atoms with Crippen molar-refractivity contribution in [2.75, 3.05) is 43.8 Å². The lowest BCUT2D eigenvalue weighted by atomic mass is 10.1. The molecule has 2 aliphatic rings. The van der Waals surface area contributed by atoms with E-state index in [9.17, 15) is 14.4 Å². The molecule has 0 spiro atoms. The molecular formula is C24H24ClN4O5S-. The van der Waals surface area contributed by atoms with Crippen LogP contribution in [0.2, 0.25) is 0 Å². The van der Waals surface area contributed by atoms with E-state index in [4.69, 9.17) is 14.5 Å². The summed E-state index contributed by atoms with van der Waals surface area (Å²) in [5.74, 6) is 0.573. The van der Waals surface area contributed by atoms with E-state index in [1.54, 1.807) is 29.2 Å². The van der Waals surface area contributed by atoms with Crippen LogP contribution in [0.25, 0.3) is 10.2 Å². The number of carbonyl (C=O) groups excluding carboxylic acids is 3. The van der Waals surface area contributed by atoms with Crippen LogP contribution in [-0.4, -0.2) is 61.6 Å². The van der Waals surface area contributed by atoms with Crippen molar-refractivity contribution in [1.82, 2.24) is 9.88 Å². The number of fused-ring (bicyclic) bond motifs is 2. The molecule has 1 saturated heterocycles. The minimum absolute atomic E-state index is 0. The topological polar surface area (TPSA) is 92.3 Å². The van der Waals surface area contributed by atoms with E-state index >= 15 is 0 Å². The van der Waals surface area contributed by atoms with Crippen LogP contribution in [0.3, 0.4) is 0 Å². The van der Waals surface area contributed by atoms with E-state index in [1.807, 2.05) is 26.2 Å². The Kier molecular flexibility index (Phi) is 7.25. The number of rotatable bonds is 7. The van der Waals surface area contributed by atoms with Gasteiger partial charge in [0.15, 0.2) is 16.6 Å². The molecule has 2 aliphatic heterocycles. The minimum atomic E-state index is -0.249. The monoisotopic (exact) mass is 515 g/mol. The number of ether oxygens (including phenoxy) is 2. The van der Waals surface area contributed by atoms with Gasteiger partial charge in [0.1, 0.15) is 0 Å². The van der Waals surface area contributed by atoms with Crippen LogP contribution in [0, 0.1) is 0 Å². The molecular weight excluding hydrogens is 492 g/mol. The quantitative estimate of drug-likeness (QED) is 0.417. The first-order valence-corrected chi connectivity index (χ1v) is 11.8. The molecule has 5 rings (SSSR count). The summed E-state index contributed by atoms with van der Waals surface area (Å²) in [7, 11) is 3.97. The molecule has 0 atom stereocenters. The second-order valence-corrected chi connectivity index (χ2v) is 9.47. The van der Waals surface area contributed by atoms with Gasteiger partial charge >= 0.3 is 0 Å². The number of hydrogen-bond donors (Lipinski definition) is 0. The Morgan fingerprint density at radius 1 is 1.06 bits per heavy atom. The summed E-state index contributed by atoms with van der Waals surface area (Å²) in [6.07, 6.45) is 1.13. The molecule has 11 heteroatoms. The van der Waals surface area contributed by atoms with Crippen LogP contribution in [-0.2, 0) is 9.59 Å². The van der Waals surface area contributed by atoms with E-state index < -0.39 is 0 Å². The maximum absolute atomic E-state index is 13.7. The Morgan fingerprint density at radius 3 is 2.49 bits per heavy atom. The number of aromatic nitrogens is 1. The highest BCUT2D eigenvalue weighted by Gasteiger charge is 2.31. The van der Waals surface area contributed by atoms with Crippen molar-refractivity contribution in [3.8, 4) is 11.5 Å². The molecule has 2 aromatic carbocycles. The third-order valence-electron chi connectivity index (χ3n) is 5.74. The summed E-state index contributed by atoms with van der Waals surface area (Å²) in [6, 6.07) is 10.4. The number of halogens is 1. The SMILES string of the molecule is CN(C)CCCN(C(=O)c1cccc(N2C(=O)CCC2=O)c1)c1nc2cc3c(cc2s1)OCO3.[Cl-]. The van der Waals surface area contributed by atoms with Crippen LogP contribution in [0.5, 0.6) is 11.5 Å². The van der Waals surface area contributed by atoms with Crippen LogP contribution in [0.15, 0.2) is 36.4 Å². The van der Waals surface area contributed by atoms with Gasteiger partial charge in [0.2, 0.25) is 18.6 Å². The first-order chi connectivity index (χ1) is 16.4. The Bertz CT molecular complexity index is 1240. The molecule has 1 aromatic heterocycles. The number of hydrogen-bond acceptors (Lipinski definition) is 8. The Labute approximate surface area is 212 Å². The maximum Gasteiger partial charge on any atom is 0.260 e. The fourth-order valence-electron chi connectivity index (χ4n) is 4.05. The smallest absolute Gasteiger partial charge is 0.260 e. The van der Waals surface area contributed by atoms with Crippen LogP contribution in [0.4, 0.5) is 10.8 Å². The van der Waals surface area contributed by atoms with Crippen molar-refractivity contribution in [3.05, 3.63) is 42.0 Å². The average molecular weight is 516 g/mol. The molecule has 0 aliphatic carbocycles. The van der Waals surface area contributed by atoms with Gasteiger partial charge in [-0.3, -0.25) is 24.2 Å². The maximum atomic E-state index is 13.7. The second kappa shape index (κ2) is 10.2. The Balaban J connectivity index is 0.00000289. The second-order valence-electron chi connectivity index (χ2n) is 8.46. The van der Waals surface area contributed by atoms with E-state index in [0.717, 1.165) is 28.1 Å². The largest absolute Gasteiger partial charge is 1.00 e. The average Bonchev–Trinajstić information content (AvgIpc) is 3.52. The van der Waals surface area contributed by atoms with Crippen molar-refractivity contribution >= 4 is 50.1 Å². The predicted octanol–water partition coefficient (Wildman–Crippen LogP) is 0.281. The van der Waals surface area contributed by atoms with Gasteiger partial charge in [-0.05, 0) is 45.3 Å². The molecule has 1 fully saturated rings. The zero-order valence-electron chi connectivity index (χ0n) is 19.3. The highest BCUT2D eigenvalue weighted by molar-refractivity contribution is 7.22. The summed E-state index contributed by atoms with van der Waals surface area (Å²) < 4.78 is 11.8. The van der Waals surface area contributed by atoms with Crippen LogP contribution < -0.4 is 31.7 Å². The van der Waals surface area contributed by atoms with Gasteiger partial charge in [-0.2, -0.15) is 0 Å².